The van der Waals surface area contributed by atoms with Crippen molar-refractivity contribution in [2.75, 3.05) is 20.2 Å². The lowest BCUT2D eigenvalue weighted by atomic mass is 9.98. The Labute approximate surface area is 167 Å². The number of carbonyl (C=O) groups excluding carboxylic acids is 1. The average Bonchev–Trinajstić information content (AvgIpc) is 2.73. The molecule has 2 aromatic carbocycles. The van der Waals surface area contributed by atoms with Gasteiger partial charge in [0.25, 0.3) is 0 Å². The predicted molar refractivity (Wildman–Crippen MR) is 101 cm³/mol. The lowest BCUT2D eigenvalue weighted by Crippen LogP contribution is -2.41. The van der Waals surface area contributed by atoms with E-state index in [1.165, 1.54) is 42.3 Å². The predicted octanol–water partition coefficient (Wildman–Crippen LogP) is 4.18. The number of amides is 1. The SMILES string of the molecule is COC(=O)N1CCC(C(F)S(=O)(=O)c2ccc(-c3ccc(F)cc3F)cc2)CC1. The van der Waals surface area contributed by atoms with Gasteiger partial charge >= 0.3 is 6.09 Å². The summed E-state index contributed by atoms with van der Waals surface area (Å²) in [6.45, 7) is 0.437. The van der Waals surface area contributed by atoms with Gasteiger partial charge in [-0.2, -0.15) is 0 Å². The first-order valence-electron chi connectivity index (χ1n) is 9.00. The van der Waals surface area contributed by atoms with Crippen LogP contribution < -0.4 is 0 Å². The Balaban J connectivity index is 1.75. The van der Waals surface area contributed by atoms with E-state index in [1.807, 2.05) is 0 Å². The van der Waals surface area contributed by atoms with Crippen molar-refractivity contribution in [1.82, 2.24) is 4.90 Å². The number of halogens is 3. The number of carbonyl (C=O) groups is 1. The van der Waals surface area contributed by atoms with Gasteiger partial charge in [-0.25, -0.2) is 26.4 Å². The van der Waals surface area contributed by atoms with E-state index in [-0.39, 0.29) is 36.4 Å². The van der Waals surface area contributed by atoms with Crippen LogP contribution in [0.1, 0.15) is 12.8 Å². The molecule has 1 atom stereocenters. The first-order valence-corrected chi connectivity index (χ1v) is 10.5. The fraction of sp³-hybridized carbons (Fsp3) is 0.350. The minimum Gasteiger partial charge on any atom is -0.453 e. The van der Waals surface area contributed by atoms with Crippen LogP contribution in [0.25, 0.3) is 11.1 Å². The number of nitrogens with zero attached hydrogens (tertiary/aromatic N) is 1. The maximum Gasteiger partial charge on any atom is 0.409 e. The Bertz CT molecular complexity index is 987. The number of ether oxygens (including phenoxy) is 1. The zero-order chi connectivity index (χ0) is 21.2. The third-order valence-electron chi connectivity index (χ3n) is 5.06. The summed E-state index contributed by atoms with van der Waals surface area (Å²) in [4.78, 5) is 12.7. The van der Waals surface area contributed by atoms with Gasteiger partial charge in [0.15, 0.2) is 0 Å². The molecule has 1 unspecified atom stereocenters. The van der Waals surface area contributed by atoms with Gasteiger partial charge in [0.1, 0.15) is 11.6 Å². The van der Waals surface area contributed by atoms with E-state index in [0.29, 0.717) is 5.56 Å². The average molecular weight is 427 g/mol. The van der Waals surface area contributed by atoms with Crippen LogP contribution in [0.2, 0.25) is 0 Å². The van der Waals surface area contributed by atoms with Gasteiger partial charge < -0.3 is 9.64 Å². The molecule has 0 spiro atoms. The summed E-state index contributed by atoms with van der Waals surface area (Å²) < 4.78 is 71.7. The maximum absolute atomic E-state index is 14.9. The number of methoxy groups -OCH3 is 1. The van der Waals surface area contributed by atoms with Crippen molar-refractivity contribution in [1.29, 1.82) is 0 Å². The summed E-state index contributed by atoms with van der Waals surface area (Å²) >= 11 is 0. The first-order chi connectivity index (χ1) is 13.7. The fourth-order valence-corrected chi connectivity index (χ4v) is 4.96. The van der Waals surface area contributed by atoms with Crippen LogP contribution in [0.4, 0.5) is 18.0 Å². The molecule has 2 aromatic rings. The second kappa shape index (κ2) is 8.44. The molecule has 5 nitrogen and oxygen atoms in total. The Morgan fingerprint density at radius 3 is 2.28 bits per heavy atom. The summed E-state index contributed by atoms with van der Waals surface area (Å²) in [5.41, 5.74) is -1.65. The molecule has 0 aromatic heterocycles. The van der Waals surface area contributed by atoms with E-state index >= 15 is 0 Å². The number of likely N-dealkylation sites (tertiary alicyclic amines) is 1. The van der Waals surface area contributed by atoms with Gasteiger partial charge in [-0.1, -0.05) is 12.1 Å². The van der Waals surface area contributed by atoms with Gasteiger partial charge in [-0.05, 0) is 42.7 Å². The highest BCUT2D eigenvalue weighted by molar-refractivity contribution is 7.91. The Morgan fingerprint density at radius 2 is 1.72 bits per heavy atom. The third-order valence-corrected chi connectivity index (χ3v) is 6.97. The standard InChI is InChI=1S/C20H20F3NO4S/c1-28-20(25)24-10-8-14(9-11-24)19(23)29(26,27)16-5-2-13(3-6-16)17-7-4-15(21)12-18(17)22/h2-7,12,14,19H,8-11H2,1H3. The summed E-state index contributed by atoms with van der Waals surface area (Å²) in [5.74, 6) is -2.24. The van der Waals surface area contributed by atoms with Gasteiger partial charge in [-0.3, -0.25) is 0 Å². The lowest BCUT2D eigenvalue weighted by Gasteiger charge is -2.32. The molecule has 0 saturated carbocycles. The van der Waals surface area contributed by atoms with E-state index in [4.69, 9.17) is 0 Å². The van der Waals surface area contributed by atoms with Crippen LogP contribution in [0.15, 0.2) is 47.4 Å². The van der Waals surface area contributed by atoms with E-state index in [2.05, 4.69) is 4.74 Å². The van der Waals surface area contributed by atoms with Gasteiger partial charge in [-0.15, -0.1) is 0 Å². The molecule has 1 fully saturated rings. The highest BCUT2D eigenvalue weighted by Crippen LogP contribution is 2.31. The second-order valence-corrected chi connectivity index (χ2v) is 8.85. The molecule has 0 N–H and O–H groups in total. The van der Waals surface area contributed by atoms with Crippen molar-refractivity contribution in [3.8, 4) is 11.1 Å². The minimum absolute atomic E-state index is 0.113. The second-order valence-electron chi connectivity index (χ2n) is 6.84. The Hall–Kier alpha value is -2.55. The van der Waals surface area contributed by atoms with E-state index in [0.717, 1.165) is 12.1 Å². The van der Waals surface area contributed by atoms with Gasteiger partial charge in [0.2, 0.25) is 15.3 Å². The van der Waals surface area contributed by atoms with E-state index in [1.54, 1.807) is 0 Å². The molecule has 156 valence electrons. The molecular formula is C20H20F3NO4S. The molecule has 1 amide bonds. The van der Waals surface area contributed by atoms with Crippen molar-refractivity contribution in [2.24, 2.45) is 5.92 Å². The molecule has 1 aliphatic rings. The summed E-state index contributed by atoms with van der Waals surface area (Å²) in [6.07, 6.45) is -0.117. The molecular weight excluding hydrogens is 407 g/mol. The Morgan fingerprint density at radius 1 is 1.10 bits per heavy atom. The smallest absolute Gasteiger partial charge is 0.409 e. The van der Waals surface area contributed by atoms with Crippen LogP contribution >= 0.6 is 0 Å². The molecule has 9 heteroatoms. The third kappa shape index (κ3) is 4.39. The topological polar surface area (TPSA) is 63.7 Å². The number of hydrogen-bond donors (Lipinski definition) is 0. The summed E-state index contributed by atoms with van der Waals surface area (Å²) in [6, 6.07) is 8.22. The first kappa shape index (κ1) is 21.2. The number of hydrogen-bond acceptors (Lipinski definition) is 4. The molecule has 1 aliphatic heterocycles. The number of rotatable bonds is 4. The van der Waals surface area contributed by atoms with Crippen LogP contribution in [0, 0.1) is 17.6 Å². The van der Waals surface area contributed by atoms with Gasteiger partial charge in [0.05, 0.1) is 12.0 Å². The van der Waals surface area contributed by atoms with Crippen molar-refractivity contribution in [2.45, 2.75) is 23.2 Å². The number of alkyl halides is 1. The van der Waals surface area contributed by atoms with Gasteiger partial charge in [0, 0.05) is 30.6 Å². The van der Waals surface area contributed by atoms with Crippen molar-refractivity contribution in [3.05, 3.63) is 54.1 Å². The molecule has 3 rings (SSSR count). The van der Waals surface area contributed by atoms with E-state index in [9.17, 15) is 26.4 Å². The Kier molecular flexibility index (Phi) is 6.16. The number of sulfone groups is 1. The van der Waals surface area contributed by atoms with E-state index < -0.39 is 39.0 Å². The number of benzene rings is 2. The normalized spacial score (nSPS) is 16.5. The monoisotopic (exact) mass is 427 g/mol. The highest BCUT2D eigenvalue weighted by atomic mass is 32.2. The highest BCUT2D eigenvalue weighted by Gasteiger charge is 2.37. The van der Waals surface area contributed by atoms with Crippen molar-refractivity contribution in [3.63, 3.8) is 0 Å². The minimum atomic E-state index is -4.25. The zero-order valence-corrected chi connectivity index (χ0v) is 16.5. The molecule has 29 heavy (non-hydrogen) atoms. The lowest BCUT2D eigenvalue weighted by molar-refractivity contribution is 0.0984. The van der Waals surface area contributed by atoms with Crippen molar-refractivity contribution < 1.29 is 31.1 Å². The quantitative estimate of drug-likeness (QED) is 0.735. The fourth-order valence-electron chi connectivity index (χ4n) is 3.40. The largest absolute Gasteiger partial charge is 0.453 e. The molecule has 1 saturated heterocycles. The number of piperidine rings is 1. The zero-order valence-electron chi connectivity index (χ0n) is 15.6. The van der Waals surface area contributed by atoms with Crippen LogP contribution in [0.5, 0.6) is 0 Å². The molecule has 1 heterocycles. The van der Waals surface area contributed by atoms with Crippen LogP contribution in [0.3, 0.4) is 0 Å². The van der Waals surface area contributed by atoms with Crippen LogP contribution in [-0.4, -0.2) is 45.1 Å². The van der Waals surface area contributed by atoms with Crippen molar-refractivity contribution >= 4 is 15.9 Å². The molecule has 0 radical (unpaired) electrons. The summed E-state index contributed by atoms with van der Waals surface area (Å²) in [5, 5.41) is 0. The molecule has 0 bridgehead atoms. The van der Waals surface area contributed by atoms with Crippen LogP contribution in [-0.2, 0) is 14.6 Å². The molecule has 0 aliphatic carbocycles. The summed E-state index contributed by atoms with van der Waals surface area (Å²) in [7, 11) is -3.00. The maximum atomic E-state index is 14.9.